The fourth-order valence-electron chi connectivity index (χ4n) is 0.955. The number of nitriles is 1. The minimum atomic E-state index is -3.60. The van der Waals surface area contributed by atoms with Crippen LogP contribution in [0.15, 0.2) is 29.4 Å². The van der Waals surface area contributed by atoms with Gasteiger partial charge in [-0.15, -0.1) is 0 Å². The summed E-state index contributed by atoms with van der Waals surface area (Å²) in [6.45, 7) is 1.52. The summed E-state index contributed by atoms with van der Waals surface area (Å²) in [6.07, 6.45) is 2.75. The Hall–Kier alpha value is -1.45. The van der Waals surface area contributed by atoms with Crippen molar-refractivity contribution in [3.63, 3.8) is 0 Å². The Kier molecular flexibility index (Phi) is 3.39. The molecular weight excluding hydrogens is 214 g/mol. The van der Waals surface area contributed by atoms with Crippen LogP contribution in [0.2, 0.25) is 0 Å². The highest BCUT2D eigenvalue weighted by molar-refractivity contribution is 7.89. The van der Waals surface area contributed by atoms with Crippen LogP contribution < -0.4 is 0 Å². The van der Waals surface area contributed by atoms with Gasteiger partial charge in [-0.2, -0.15) is 9.57 Å². The molecule has 0 aliphatic heterocycles. The summed E-state index contributed by atoms with van der Waals surface area (Å²) in [5.74, 6) is 0. The average molecular weight is 225 g/mol. The Bertz CT molecular complexity index is 464. The number of hydrogen-bond donors (Lipinski definition) is 0. The molecule has 0 radical (unpaired) electrons. The molecule has 6 heteroatoms. The molecule has 5 nitrogen and oxygen atoms in total. The zero-order valence-corrected chi connectivity index (χ0v) is 9.27. The van der Waals surface area contributed by atoms with E-state index in [2.05, 4.69) is 4.98 Å². The quantitative estimate of drug-likeness (QED) is 0.755. The molecule has 1 unspecified atom stereocenters. The van der Waals surface area contributed by atoms with Crippen LogP contribution >= 0.6 is 0 Å². The van der Waals surface area contributed by atoms with Gasteiger partial charge in [-0.25, -0.2) is 8.42 Å². The van der Waals surface area contributed by atoms with Crippen molar-refractivity contribution in [3.05, 3.63) is 24.5 Å². The molecule has 1 rings (SSSR count). The molecule has 0 aliphatic rings. The smallest absolute Gasteiger partial charge is 0.245 e. The monoisotopic (exact) mass is 225 g/mol. The molecule has 1 atom stereocenters. The molecule has 0 amide bonds. The van der Waals surface area contributed by atoms with Crippen molar-refractivity contribution in [2.75, 3.05) is 7.05 Å². The van der Waals surface area contributed by atoms with Gasteiger partial charge in [0, 0.05) is 19.4 Å². The van der Waals surface area contributed by atoms with Crippen LogP contribution in [-0.2, 0) is 10.0 Å². The molecule has 1 heterocycles. The van der Waals surface area contributed by atoms with Crippen molar-refractivity contribution >= 4 is 10.0 Å². The molecule has 0 saturated carbocycles. The lowest BCUT2D eigenvalue weighted by atomic mass is 10.4. The maximum Gasteiger partial charge on any atom is 0.245 e. The minimum Gasteiger partial charge on any atom is -0.263 e. The molecule has 0 N–H and O–H groups in total. The van der Waals surface area contributed by atoms with Gasteiger partial charge in [-0.05, 0) is 19.1 Å². The first kappa shape index (κ1) is 11.6. The molecular formula is C9H11N3O2S. The third-order valence-electron chi connectivity index (χ3n) is 2.04. The van der Waals surface area contributed by atoms with E-state index in [-0.39, 0.29) is 4.90 Å². The lowest BCUT2D eigenvalue weighted by molar-refractivity contribution is 0.441. The largest absolute Gasteiger partial charge is 0.263 e. The van der Waals surface area contributed by atoms with E-state index in [4.69, 9.17) is 5.26 Å². The number of hydrogen-bond acceptors (Lipinski definition) is 4. The van der Waals surface area contributed by atoms with Crippen LogP contribution in [0, 0.1) is 11.3 Å². The van der Waals surface area contributed by atoms with Crippen LogP contribution in [0.4, 0.5) is 0 Å². The van der Waals surface area contributed by atoms with E-state index in [1.54, 1.807) is 0 Å². The standard InChI is InChI=1S/C9H11N3O2S/c1-8(6-10)12(2)15(13,14)9-4-3-5-11-7-9/h3-5,7-8H,1-2H3. The zero-order chi connectivity index (χ0) is 11.5. The number of aromatic nitrogens is 1. The zero-order valence-electron chi connectivity index (χ0n) is 8.45. The third-order valence-corrected chi connectivity index (χ3v) is 3.96. The highest BCUT2D eigenvalue weighted by Gasteiger charge is 2.24. The molecule has 80 valence electrons. The van der Waals surface area contributed by atoms with E-state index in [1.165, 1.54) is 38.5 Å². The maximum atomic E-state index is 11.9. The topological polar surface area (TPSA) is 74.1 Å². The fourth-order valence-corrected chi connectivity index (χ4v) is 2.20. The number of sulfonamides is 1. The van der Waals surface area contributed by atoms with E-state index in [0.29, 0.717) is 0 Å². The summed E-state index contributed by atoms with van der Waals surface area (Å²) in [5, 5.41) is 8.64. The Morgan fingerprint density at radius 2 is 2.27 bits per heavy atom. The van der Waals surface area contributed by atoms with Gasteiger partial charge >= 0.3 is 0 Å². The summed E-state index contributed by atoms with van der Waals surface area (Å²) in [7, 11) is -2.23. The lowest BCUT2D eigenvalue weighted by Crippen LogP contribution is -2.34. The van der Waals surface area contributed by atoms with Gasteiger partial charge in [0.05, 0.1) is 6.07 Å². The van der Waals surface area contributed by atoms with Crippen LogP contribution in [0.5, 0.6) is 0 Å². The average Bonchev–Trinajstić information content (AvgIpc) is 2.28. The Labute approximate surface area is 89.0 Å². The second-order valence-corrected chi connectivity index (χ2v) is 5.01. The van der Waals surface area contributed by atoms with Crippen molar-refractivity contribution < 1.29 is 8.42 Å². The molecule has 0 spiro atoms. The fraction of sp³-hybridized carbons (Fsp3) is 0.333. The SMILES string of the molecule is CC(C#N)N(C)S(=O)(=O)c1cccnc1. The number of nitrogens with zero attached hydrogens (tertiary/aromatic N) is 3. The summed E-state index contributed by atoms with van der Waals surface area (Å²) >= 11 is 0. The Morgan fingerprint density at radius 1 is 1.60 bits per heavy atom. The van der Waals surface area contributed by atoms with Gasteiger partial charge in [-0.1, -0.05) is 0 Å². The number of rotatable bonds is 3. The van der Waals surface area contributed by atoms with Crippen LogP contribution in [0.1, 0.15) is 6.92 Å². The predicted octanol–water partition coefficient (Wildman–Crippen LogP) is 0.614. The van der Waals surface area contributed by atoms with Gasteiger partial charge in [-0.3, -0.25) is 4.98 Å². The normalized spacial score (nSPS) is 13.5. The minimum absolute atomic E-state index is 0.0922. The van der Waals surface area contributed by atoms with Crippen molar-refractivity contribution in [1.82, 2.24) is 9.29 Å². The maximum absolute atomic E-state index is 11.9. The van der Waals surface area contributed by atoms with E-state index >= 15 is 0 Å². The van der Waals surface area contributed by atoms with Crippen molar-refractivity contribution in [2.45, 2.75) is 17.9 Å². The first-order valence-electron chi connectivity index (χ1n) is 4.28. The third kappa shape index (κ3) is 2.32. The highest BCUT2D eigenvalue weighted by Crippen LogP contribution is 2.14. The van der Waals surface area contributed by atoms with Gasteiger partial charge in [0.25, 0.3) is 0 Å². The first-order chi connectivity index (χ1) is 7.00. The Morgan fingerprint density at radius 3 is 2.73 bits per heavy atom. The second-order valence-electron chi connectivity index (χ2n) is 3.02. The van der Waals surface area contributed by atoms with E-state index in [9.17, 15) is 8.42 Å². The van der Waals surface area contributed by atoms with Gasteiger partial charge in [0.15, 0.2) is 0 Å². The number of pyridine rings is 1. The molecule has 1 aromatic heterocycles. The molecule has 1 aromatic rings. The molecule has 0 saturated heterocycles. The molecule has 15 heavy (non-hydrogen) atoms. The summed E-state index contributed by atoms with van der Waals surface area (Å²) in [5.41, 5.74) is 0. The molecule has 0 aromatic carbocycles. The van der Waals surface area contributed by atoms with Gasteiger partial charge in [0.1, 0.15) is 10.9 Å². The summed E-state index contributed by atoms with van der Waals surface area (Å²) in [4.78, 5) is 3.82. The van der Waals surface area contributed by atoms with Crippen LogP contribution in [-0.4, -0.2) is 30.8 Å². The van der Waals surface area contributed by atoms with Gasteiger partial charge in [0.2, 0.25) is 10.0 Å². The second kappa shape index (κ2) is 4.38. The van der Waals surface area contributed by atoms with Crippen molar-refractivity contribution in [2.24, 2.45) is 0 Å². The van der Waals surface area contributed by atoms with E-state index in [1.807, 2.05) is 6.07 Å². The lowest BCUT2D eigenvalue weighted by Gasteiger charge is -2.18. The molecule has 0 bridgehead atoms. The highest BCUT2D eigenvalue weighted by atomic mass is 32.2. The summed E-state index contributed by atoms with van der Waals surface area (Å²) < 4.78 is 24.8. The van der Waals surface area contributed by atoms with Crippen LogP contribution in [0.3, 0.4) is 0 Å². The molecule has 0 aliphatic carbocycles. The van der Waals surface area contributed by atoms with Crippen molar-refractivity contribution in [1.29, 1.82) is 5.26 Å². The first-order valence-corrected chi connectivity index (χ1v) is 5.72. The summed E-state index contributed by atoms with van der Waals surface area (Å²) in [6, 6.07) is 4.15. The van der Waals surface area contributed by atoms with Crippen molar-refractivity contribution in [3.8, 4) is 6.07 Å². The van der Waals surface area contributed by atoms with E-state index < -0.39 is 16.1 Å². The van der Waals surface area contributed by atoms with Gasteiger partial charge < -0.3 is 0 Å². The molecule has 0 fully saturated rings. The van der Waals surface area contributed by atoms with E-state index in [0.717, 1.165) is 4.31 Å². The van der Waals surface area contributed by atoms with Crippen LogP contribution in [0.25, 0.3) is 0 Å². The Balaban J connectivity index is 3.11. The predicted molar refractivity (Wildman–Crippen MR) is 54.3 cm³/mol.